The number of fused-ring (bicyclic) bond motifs is 1. The van der Waals surface area contributed by atoms with Gasteiger partial charge in [-0.3, -0.25) is 4.98 Å². The second-order valence-electron chi connectivity index (χ2n) is 8.23. The minimum absolute atomic E-state index is 0.0327. The molecule has 5 rings (SSSR count). The van der Waals surface area contributed by atoms with Crippen molar-refractivity contribution in [3.8, 4) is 0 Å². The van der Waals surface area contributed by atoms with Gasteiger partial charge >= 0.3 is 0 Å². The predicted octanol–water partition coefficient (Wildman–Crippen LogP) is 2.24. The van der Waals surface area contributed by atoms with E-state index >= 15 is 0 Å². The summed E-state index contributed by atoms with van der Waals surface area (Å²) in [4.78, 5) is 8.58. The van der Waals surface area contributed by atoms with Gasteiger partial charge in [0.1, 0.15) is 30.0 Å². The summed E-state index contributed by atoms with van der Waals surface area (Å²) in [5, 5.41) is 7.71. The van der Waals surface area contributed by atoms with Gasteiger partial charge in [0.2, 0.25) is 10.0 Å². The maximum absolute atomic E-state index is 14.1. The zero-order valence-corrected chi connectivity index (χ0v) is 19.1. The van der Waals surface area contributed by atoms with Gasteiger partial charge < -0.3 is 5.32 Å². The molecule has 0 atom stereocenters. The maximum Gasteiger partial charge on any atom is 0.245 e. The smallest absolute Gasteiger partial charge is 0.245 e. The van der Waals surface area contributed by atoms with E-state index in [9.17, 15) is 12.8 Å². The molecule has 1 aromatic carbocycles. The van der Waals surface area contributed by atoms with Gasteiger partial charge in [-0.15, -0.1) is 0 Å². The number of pyridine rings is 1. The molecular weight excluding hydrogens is 454 g/mol. The molecule has 34 heavy (non-hydrogen) atoms. The molecule has 4 heterocycles. The monoisotopic (exact) mass is 476 g/mol. The third-order valence-electron chi connectivity index (χ3n) is 6.04. The van der Waals surface area contributed by atoms with Crippen molar-refractivity contribution in [1.82, 2.24) is 23.9 Å². The Bertz CT molecular complexity index is 1420. The number of rotatable bonds is 6. The summed E-state index contributed by atoms with van der Waals surface area (Å²) in [6.07, 6.45) is 6.19. The number of hydrogen-bond acceptors (Lipinski definition) is 6. The molecule has 0 amide bonds. The van der Waals surface area contributed by atoms with Crippen molar-refractivity contribution in [3.05, 3.63) is 78.1 Å². The number of halogens is 1. The number of sulfonamides is 1. The van der Waals surface area contributed by atoms with Crippen LogP contribution in [0.25, 0.3) is 5.65 Å². The lowest BCUT2D eigenvalue weighted by Crippen LogP contribution is -2.38. The Morgan fingerprint density at radius 1 is 1.12 bits per heavy atom. The first-order chi connectivity index (χ1) is 16.4. The van der Waals surface area contributed by atoms with Crippen molar-refractivity contribution in [2.75, 3.05) is 18.4 Å². The first-order valence-electron chi connectivity index (χ1n) is 10.9. The number of piperidine rings is 1. The summed E-state index contributed by atoms with van der Waals surface area (Å²) in [7, 11) is 2.21. The zero-order valence-electron chi connectivity index (χ0n) is 18.3. The van der Waals surface area contributed by atoms with Crippen LogP contribution in [0.2, 0.25) is 0 Å². The van der Waals surface area contributed by atoms with E-state index in [-0.39, 0.29) is 23.9 Å². The van der Waals surface area contributed by atoms with Gasteiger partial charge in [0.15, 0.2) is 0 Å². The third-order valence-corrected chi connectivity index (χ3v) is 7.97. The molecule has 0 bridgehead atoms. The van der Waals surface area contributed by atoms with Crippen molar-refractivity contribution in [3.63, 3.8) is 0 Å². The third kappa shape index (κ3) is 4.28. The molecule has 1 N–H and O–H groups in total. The number of nitrogens with one attached hydrogen (secondary N) is 1. The van der Waals surface area contributed by atoms with E-state index in [0.717, 1.165) is 23.1 Å². The molecule has 172 valence electrons. The van der Waals surface area contributed by atoms with Gasteiger partial charge in [-0.2, -0.15) is 13.9 Å². The van der Waals surface area contributed by atoms with Crippen LogP contribution < -0.4 is 10.8 Å². The van der Waals surface area contributed by atoms with E-state index in [0.29, 0.717) is 30.5 Å². The summed E-state index contributed by atoms with van der Waals surface area (Å²) >= 11 is 0. The Morgan fingerprint density at radius 2 is 1.91 bits per heavy atom. The lowest BCUT2D eigenvalue weighted by molar-refractivity contribution is 0.315. The normalized spacial score (nSPS) is 15.6. The largest absolute Gasteiger partial charge is 0.366 e. The Hall–Kier alpha value is -3.31. The van der Waals surface area contributed by atoms with E-state index in [2.05, 4.69) is 15.4 Å². The van der Waals surface area contributed by atoms with Crippen LogP contribution in [-0.4, -0.2) is 53.2 Å². The molecule has 1 aliphatic rings. The van der Waals surface area contributed by atoms with Crippen LogP contribution >= 0.6 is 0 Å². The molecule has 4 aromatic rings. The lowest BCUT2D eigenvalue weighted by atomic mass is 9.94. The second-order valence-corrected chi connectivity index (χ2v) is 10.1. The molecule has 0 saturated carbocycles. The summed E-state index contributed by atoms with van der Waals surface area (Å²) in [5.41, 5.74) is 2.84. The van der Waals surface area contributed by atoms with E-state index in [4.69, 9.17) is 12.8 Å². The van der Waals surface area contributed by atoms with Crippen LogP contribution in [-0.2, 0) is 16.6 Å². The van der Waals surface area contributed by atoms with Crippen LogP contribution in [0.5, 0.6) is 0 Å². The molecule has 3 aromatic heterocycles. The van der Waals surface area contributed by atoms with E-state index in [1.54, 1.807) is 23.1 Å². The Kier molecular flexibility index (Phi) is 6.05. The fourth-order valence-electron chi connectivity index (χ4n) is 4.21. The van der Waals surface area contributed by atoms with Gasteiger partial charge in [0.25, 0.3) is 0 Å². The Morgan fingerprint density at radius 3 is 2.65 bits per heavy atom. The number of hydrogen-bond donors (Lipinski definition) is 1. The molecule has 11 heteroatoms. The van der Waals surface area contributed by atoms with Crippen molar-refractivity contribution in [1.29, 1.82) is 0 Å². The van der Waals surface area contributed by atoms with Crippen molar-refractivity contribution in [2.24, 2.45) is 0 Å². The summed E-state index contributed by atoms with van der Waals surface area (Å²) in [6, 6.07) is 11.2. The summed E-state index contributed by atoms with van der Waals surface area (Å²) in [5.74, 6) is 0.0320. The number of nitrogens with zero attached hydrogens (tertiary/aromatic N) is 5. The summed E-state index contributed by atoms with van der Waals surface area (Å²) < 4.78 is 43.0. The van der Waals surface area contributed by atoms with E-state index < -0.39 is 15.8 Å². The van der Waals surface area contributed by atoms with Gasteiger partial charge in [-0.05, 0) is 42.1 Å². The topological polar surface area (TPSA) is 92.5 Å². The average molecular weight is 476 g/mol. The number of aromatic nitrogens is 4. The molecule has 0 unspecified atom stereocenters. The van der Waals surface area contributed by atoms with Gasteiger partial charge in [0.05, 0.1) is 0 Å². The molecule has 1 saturated heterocycles. The molecule has 8 nitrogen and oxygen atoms in total. The molecule has 2 radical (unpaired) electrons. The van der Waals surface area contributed by atoms with Crippen molar-refractivity contribution >= 4 is 34.8 Å². The standard InChI is InChI=1S/C23H22BFN6O2S/c24-18-15-28-31-22(27-14-16-4-3-9-26-13-16)12-20(29-23(18)31)17-7-10-30(11-8-17)34(32,33)21-6-2-1-5-19(21)25/h1-6,9,12-13,15,17,27H,7-8,10-11,14H2. The quantitative estimate of drug-likeness (QED) is 0.430. The van der Waals surface area contributed by atoms with Crippen LogP contribution in [0.15, 0.2) is 66.0 Å². The van der Waals surface area contributed by atoms with Gasteiger partial charge in [-0.25, -0.2) is 17.8 Å². The van der Waals surface area contributed by atoms with E-state index in [1.807, 2.05) is 18.2 Å². The molecule has 1 aliphatic heterocycles. The highest BCUT2D eigenvalue weighted by molar-refractivity contribution is 7.89. The van der Waals surface area contributed by atoms with Crippen molar-refractivity contribution in [2.45, 2.75) is 30.2 Å². The summed E-state index contributed by atoms with van der Waals surface area (Å²) in [6.45, 7) is 1.11. The first-order valence-corrected chi connectivity index (χ1v) is 12.4. The SMILES string of the molecule is [B]c1cnn2c(NCc3cccnc3)cc(C3CCN(S(=O)(=O)c4ccccc4F)CC3)nc12. The molecule has 1 fully saturated rings. The Balaban J connectivity index is 1.37. The number of benzene rings is 1. The minimum Gasteiger partial charge on any atom is -0.366 e. The fourth-order valence-corrected chi connectivity index (χ4v) is 5.75. The van der Waals surface area contributed by atoms with Crippen LogP contribution in [0.1, 0.15) is 30.0 Å². The van der Waals surface area contributed by atoms with Gasteiger partial charge in [0, 0.05) is 55.9 Å². The van der Waals surface area contributed by atoms with Gasteiger partial charge in [-0.1, -0.05) is 18.2 Å². The first kappa shape index (κ1) is 22.5. The molecular formula is C23H22BFN6O2S. The molecule has 0 aliphatic carbocycles. The predicted molar refractivity (Wildman–Crippen MR) is 127 cm³/mol. The maximum atomic E-state index is 14.1. The lowest BCUT2D eigenvalue weighted by Gasteiger charge is -2.31. The van der Waals surface area contributed by atoms with Crippen molar-refractivity contribution < 1.29 is 12.8 Å². The highest BCUT2D eigenvalue weighted by Gasteiger charge is 2.32. The number of anilines is 1. The highest BCUT2D eigenvalue weighted by Crippen LogP contribution is 2.31. The Labute approximate surface area is 198 Å². The molecule has 0 spiro atoms. The van der Waals surface area contributed by atoms with E-state index in [1.165, 1.54) is 22.5 Å². The zero-order chi connectivity index (χ0) is 23.7. The van der Waals surface area contributed by atoms with Crippen LogP contribution in [0.4, 0.5) is 10.2 Å². The second kappa shape index (κ2) is 9.15. The average Bonchev–Trinajstić information content (AvgIpc) is 3.24. The fraction of sp³-hybridized carbons (Fsp3) is 0.261. The highest BCUT2D eigenvalue weighted by atomic mass is 32.2. The van der Waals surface area contributed by atoms with Crippen LogP contribution in [0.3, 0.4) is 0 Å². The minimum atomic E-state index is -3.89. The van der Waals surface area contributed by atoms with Crippen LogP contribution in [0, 0.1) is 5.82 Å².